The van der Waals surface area contributed by atoms with Crippen molar-refractivity contribution >= 4 is 6.21 Å². The van der Waals surface area contributed by atoms with Crippen molar-refractivity contribution in [3.63, 3.8) is 0 Å². The fraction of sp³-hybridized carbons (Fsp3) is 0.167. The van der Waals surface area contributed by atoms with Gasteiger partial charge in [0.2, 0.25) is 0 Å². The standard InChI is InChI=1S/C6H10N4/c7-5-1-3-9-4-2-6(5)10-8/h1-3,10H,4,7-8H2. The summed E-state index contributed by atoms with van der Waals surface area (Å²) in [6.07, 6.45) is 5.20. The van der Waals surface area contributed by atoms with Gasteiger partial charge in [0.15, 0.2) is 0 Å². The third kappa shape index (κ3) is 1.35. The number of nitrogens with zero attached hydrogens (tertiary/aromatic N) is 1. The second kappa shape index (κ2) is 3.03. The van der Waals surface area contributed by atoms with Crippen molar-refractivity contribution in [1.82, 2.24) is 5.43 Å². The van der Waals surface area contributed by atoms with Gasteiger partial charge in [-0.15, -0.1) is 0 Å². The van der Waals surface area contributed by atoms with E-state index < -0.39 is 0 Å². The molecule has 0 spiro atoms. The summed E-state index contributed by atoms with van der Waals surface area (Å²) in [6, 6.07) is 0. The molecule has 4 nitrogen and oxygen atoms in total. The Morgan fingerprint density at radius 2 is 2.40 bits per heavy atom. The third-order valence-corrected chi connectivity index (χ3v) is 1.23. The lowest BCUT2D eigenvalue weighted by atomic mass is 10.3. The van der Waals surface area contributed by atoms with E-state index in [2.05, 4.69) is 10.4 Å². The molecule has 1 rings (SSSR count). The van der Waals surface area contributed by atoms with Crippen LogP contribution in [-0.2, 0) is 0 Å². The van der Waals surface area contributed by atoms with Gasteiger partial charge in [-0.25, -0.2) is 0 Å². The summed E-state index contributed by atoms with van der Waals surface area (Å²) >= 11 is 0. The highest BCUT2D eigenvalue weighted by Crippen LogP contribution is 1.99. The third-order valence-electron chi connectivity index (χ3n) is 1.23. The second-order valence-corrected chi connectivity index (χ2v) is 1.90. The molecule has 0 amide bonds. The molecule has 5 N–H and O–H groups in total. The fourth-order valence-corrected chi connectivity index (χ4v) is 0.688. The lowest BCUT2D eigenvalue weighted by Crippen LogP contribution is -2.25. The fourth-order valence-electron chi connectivity index (χ4n) is 0.688. The molecule has 0 unspecified atom stereocenters. The summed E-state index contributed by atoms with van der Waals surface area (Å²) in [5.74, 6) is 5.17. The molecule has 0 fully saturated rings. The van der Waals surface area contributed by atoms with Crippen molar-refractivity contribution < 1.29 is 0 Å². The minimum Gasteiger partial charge on any atom is -0.397 e. The molecule has 0 aromatic carbocycles. The number of aliphatic imine (C=N–C) groups is 1. The van der Waals surface area contributed by atoms with Gasteiger partial charge in [0, 0.05) is 6.21 Å². The quantitative estimate of drug-likeness (QED) is 0.330. The zero-order valence-electron chi connectivity index (χ0n) is 5.54. The topological polar surface area (TPSA) is 76.4 Å². The SMILES string of the molecule is NNC1=CCN=CC=C1N. The van der Waals surface area contributed by atoms with E-state index in [0.29, 0.717) is 12.2 Å². The minimum absolute atomic E-state index is 0.615. The molecule has 0 radical (unpaired) electrons. The molecule has 0 aromatic rings. The Labute approximate surface area is 59.3 Å². The predicted molar refractivity (Wildman–Crippen MR) is 41.0 cm³/mol. The van der Waals surface area contributed by atoms with E-state index >= 15 is 0 Å². The molecular weight excluding hydrogens is 128 g/mol. The largest absolute Gasteiger partial charge is 0.397 e. The molecule has 1 aliphatic rings. The van der Waals surface area contributed by atoms with Crippen LogP contribution in [0.5, 0.6) is 0 Å². The van der Waals surface area contributed by atoms with E-state index in [9.17, 15) is 0 Å². The molecule has 0 bridgehead atoms. The van der Waals surface area contributed by atoms with E-state index in [-0.39, 0.29) is 0 Å². The lowest BCUT2D eigenvalue weighted by molar-refractivity contribution is 0.884. The van der Waals surface area contributed by atoms with E-state index in [1.165, 1.54) is 0 Å². The first kappa shape index (κ1) is 6.82. The van der Waals surface area contributed by atoms with E-state index in [4.69, 9.17) is 11.6 Å². The number of nitrogens with one attached hydrogen (secondary N) is 1. The highest BCUT2D eigenvalue weighted by Gasteiger charge is 1.97. The Morgan fingerprint density at radius 3 is 3.10 bits per heavy atom. The number of rotatable bonds is 1. The Morgan fingerprint density at radius 1 is 1.60 bits per heavy atom. The van der Waals surface area contributed by atoms with Gasteiger partial charge in [-0.1, -0.05) is 0 Å². The van der Waals surface area contributed by atoms with Gasteiger partial charge < -0.3 is 11.2 Å². The number of hydrazine groups is 1. The number of allylic oxidation sites excluding steroid dienone is 1. The maximum atomic E-state index is 5.55. The minimum atomic E-state index is 0.615. The summed E-state index contributed by atoms with van der Waals surface area (Å²) in [4.78, 5) is 3.97. The monoisotopic (exact) mass is 138 g/mol. The first-order valence-electron chi connectivity index (χ1n) is 2.97. The maximum absolute atomic E-state index is 5.55. The first-order chi connectivity index (χ1) is 4.84. The molecule has 1 aliphatic heterocycles. The highest BCUT2D eigenvalue weighted by atomic mass is 15.2. The van der Waals surface area contributed by atoms with Crippen molar-refractivity contribution in [3.05, 3.63) is 23.5 Å². The zero-order chi connectivity index (χ0) is 7.40. The van der Waals surface area contributed by atoms with Crippen molar-refractivity contribution in [2.75, 3.05) is 6.54 Å². The van der Waals surface area contributed by atoms with E-state index in [1.54, 1.807) is 12.3 Å². The Hall–Kier alpha value is -1.29. The van der Waals surface area contributed by atoms with Gasteiger partial charge in [-0.05, 0) is 12.2 Å². The van der Waals surface area contributed by atoms with Crippen LogP contribution in [0.3, 0.4) is 0 Å². The van der Waals surface area contributed by atoms with Gasteiger partial charge in [-0.2, -0.15) is 0 Å². The molecular formula is C6H10N4. The molecule has 0 saturated carbocycles. The number of hydrogen-bond donors (Lipinski definition) is 3. The Kier molecular flexibility index (Phi) is 2.07. The van der Waals surface area contributed by atoms with Crippen LogP contribution in [0.1, 0.15) is 0 Å². The number of nitrogens with two attached hydrogens (primary N) is 2. The van der Waals surface area contributed by atoms with E-state index in [0.717, 1.165) is 5.70 Å². The normalized spacial score (nSPS) is 17.3. The molecule has 54 valence electrons. The predicted octanol–water partition coefficient (Wildman–Crippen LogP) is -0.739. The summed E-state index contributed by atoms with van der Waals surface area (Å²) in [6.45, 7) is 0.622. The highest BCUT2D eigenvalue weighted by molar-refractivity contribution is 5.74. The average molecular weight is 138 g/mol. The van der Waals surface area contributed by atoms with Crippen LogP contribution >= 0.6 is 0 Å². The zero-order valence-corrected chi connectivity index (χ0v) is 5.54. The van der Waals surface area contributed by atoms with Crippen molar-refractivity contribution in [3.8, 4) is 0 Å². The van der Waals surface area contributed by atoms with Crippen LogP contribution in [-0.4, -0.2) is 12.8 Å². The Balaban J connectivity index is 2.81. The second-order valence-electron chi connectivity index (χ2n) is 1.90. The van der Waals surface area contributed by atoms with Crippen LogP contribution in [0.4, 0.5) is 0 Å². The van der Waals surface area contributed by atoms with Gasteiger partial charge >= 0.3 is 0 Å². The van der Waals surface area contributed by atoms with E-state index in [1.807, 2.05) is 6.08 Å². The summed E-state index contributed by atoms with van der Waals surface area (Å²) < 4.78 is 0. The van der Waals surface area contributed by atoms with Gasteiger partial charge in [0.1, 0.15) is 0 Å². The average Bonchev–Trinajstić information content (AvgIpc) is 2.13. The molecule has 0 atom stereocenters. The van der Waals surface area contributed by atoms with Gasteiger partial charge in [0.05, 0.1) is 17.9 Å². The van der Waals surface area contributed by atoms with Crippen LogP contribution in [0.15, 0.2) is 28.5 Å². The lowest BCUT2D eigenvalue weighted by Gasteiger charge is -2.02. The maximum Gasteiger partial charge on any atom is 0.0694 e. The van der Waals surface area contributed by atoms with Crippen LogP contribution in [0.2, 0.25) is 0 Å². The molecule has 4 heteroatoms. The van der Waals surface area contributed by atoms with Crippen LogP contribution in [0, 0.1) is 0 Å². The van der Waals surface area contributed by atoms with Gasteiger partial charge in [0.25, 0.3) is 0 Å². The van der Waals surface area contributed by atoms with Crippen molar-refractivity contribution in [2.45, 2.75) is 0 Å². The molecule has 1 heterocycles. The molecule has 0 aliphatic carbocycles. The molecule has 0 aromatic heterocycles. The smallest absolute Gasteiger partial charge is 0.0694 e. The summed E-state index contributed by atoms with van der Waals surface area (Å²) in [7, 11) is 0. The van der Waals surface area contributed by atoms with Gasteiger partial charge in [-0.3, -0.25) is 10.8 Å². The molecule has 10 heavy (non-hydrogen) atoms. The first-order valence-corrected chi connectivity index (χ1v) is 2.97. The van der Waals surface area contributed by atoms with Crippen molar-refractivity contribution in [2.24, 2.45) is 16.6 Å². The van der Waals surface area contributed by atoms with Crippen LogP contribution in [0.25, 0.3) is 0 Å². The summed E-state index contributed by atoms with van der Waals surface area (Å²) in [5.41, 5.74) is 9.38. The molecule has 0 saturated heterocycles. The Bertz CT molecular complexity index is 202. The number of hydrogen-bond acceptors (Lipinski definition) is 4. The van der Waals surface area contributed by atoms with Crippen LogP contribution < -0.4 is 17.0 Å². The van der Waals surface area contributed by atoms with Crippen molar-refractivity contribution in [1.29, 1.82) is 0 Å². The summed E-state index contributed by atoms with van der Waals surface area (Å²) in [5, 5.41) is 0.